The largest absolute Gasteiger partial charge is 0.454 e. The number of likely N-dealkylation sites (N-methyl/N-ethyl adjacent to an activating group) is 1. The van der Waals surface area contributed by atoms with Crippen LogP contribution in [0.25, 0.3) is 0 Å². The van der Waals surface area contributed by atoms with Crippen LogP contribution < -0.4 is 0 Å². The standard InChI is InChI=1S/C19H24ClNO5/c1-3-25-13-18(24)26-12-17(23)21(2)19(11-7-6-10-16(19)22)14-8-4-5-9-15(14)20/h4-5,8-9H,3,6-7,10-13H2,1-2H3. The number of carbonyl (C=O) groups is 3. The Balaban J connectivity index is 2.23. The van der Waals surface area contributed by atoms with Crippen molar-refractivity contribution in [3.05, 3.63) is 34.9 Å². The average Bonchev–Trinajstić information content (AvgIpc) is 2.65. The van der Waals surface area contributed by atoms with Crippen molar-refractivity contribution in [2.45, 2.75) is 38.1 Å². The zero-order chi connectivity index (χ0) is 19.2. The molecular weight excluding hydrogens is 358 g/mol. The minimum absolute atomic E-state index is 0.0478. The van der Waals surface area contributed by atoms with Crippen molar-refractivity contribution in [3.8, 4) is 0 Å². The predicted octanol–water partition coefficient (Wildman–Crippen LogP) is 2.72. The molecule has 7 heteroatoms. The molecule has 0 radical (unpaired) electrons. The van der Waals surface area contributed by atoms with E-state index >= 15 is 0 Å². The van der Waals surface area contributed by atoms with Crippen molar-refractivity contribution in [1.29, 1.82) is 0 Å². The highest BCUT2D eigenvalue weighted by atomic mass is 35.5. The molecule has 1 fully saturated rings. The van der Waals surface area contributed by atoms with E-state index in [2.05, 4.69) is 0 Å². The molecule has 1 saturated carbocycles. The van der Waals surface area contributed by atoms with Gasteiger partial charge in [-0.1, -0.05) is 29.8 Å². The van der Waals surface area contributed by atoms with Gasteiger partial charge in [-0.3, -0.25) is 9.59 Å². The van der Waals surface area contributed by atoms with Crippen LogP contribution in [0.2, 0.25) is 5.02 Å². The molecule has 0 bridgehead atoms. The van der Waals surface area contributed by atoms with Crippen LogP contribution in [0, 0.1) is 0 Å². The highest BCUT2D eigenvalue weighted by molar-refractivity contribution is 6.31. The van der Waals surface area contributed by atoms with Crippen LogP contribution in [0.5, 0.6) is 0 Å². The number of rotatable bonds is 7. The Morgan fingerprint density at radius 1 is 1.23 bits per heavy atom. The number of Topliss-reactive ketones (excluding diaryl/α,β-unsaturated/α-hetero) is 1. The van der Waals surface area contributed by atoms with Crippen LogP contribution in [0.15, 0.2) is 24.3 Å². The van der Waals surface area contributed by atoms with Gasteiger partial charge in [-0.25, -0.2) is 4.79 Å². The van der Waals surface area contributed by atoms with Gasteiger partial charge in [0.25, 0.3) is 5.91 Å². The number of hydrogen-bond donors (Lipinski definition) is 0. The molecular formula is C19H24ClNO5. The van der Waals surface area contributed by atoms with Gasteiger partial charge >= 0.3 is 5.97 Å². The Hall–Kier alpha value is -1.92. The quantitative estimate of drug-likeness (QED) is 0.679. The number of halogens is 1. The Bertz CT molecular complexity index is 678. The Morgan fingerprint density at radius 3 is 2.62 bits per heavy atom. The molecule has 0 heterocycles. The van der Waals surface area contributed by atoms with Crippen molar-refractivity contribution in [2.75, 3.05) is 26.9 Å². The van der Waals surface area contributed by atoms with Crippen LogP contribution in [-0.4, -0.2) is 49.4 Å². The highest BCUT2D eigenvalue weighted by Crippen LogP contribution is 2.42. The predicted molar refractivity (Wildman–Crippen MR) is 96.8 cm³/mol. The van der Waals surface area contributed by atoms with E-state index in [0.717, 1.165) is 12.8 Å². The van der Waals surface area contributed by atoms with Crippen LogP contribution in [0.4, 0.5) is 0 Å². The van der Waals surface area contributed by atoms with E-state index in [1.165, 1.54) is 4.90 Å². The van der Waals surface area contributed by atoms with Crippen LogP contribution in [-0.2, 0) is 29.4 Å². The lowest BCUT2D eigenvalue weighted by Crippen LogP contribution is -2.55. The van der Waals surface area contributed by atoms with Gasteiger partial charge < -0.3 is 14.4 Å². The molecule has 1 aliphatic rings. The van der Waals surface area contributed by atoms with Crippen LogP contribution in [0.3, 0.4) is 0 Å². The number of ether oxygens (including phenoxy) is 2. The molecule has 1 aliphatic carbocycles. The fourth-order valence-corrected chi connectivity index (χ4v) is 3.60. The molecule has 142 valence electrons. The van der Waals surface area contributed by atoms with E-state index in [4.69, 9.17) is 21.1 Å². The molecule has 0 N–H and O–H groups in total. The minimum atomic E-state index is -1.12. The molecule has 1 aromatic rings. The summed E-state index contributed by atoms with van der Waals surface area (Å²) < 4.78 is 9.92. The SMILES string of the molecule is CCOCC(=O)OCC(=O)N(C)C1(c2ccccc2Cl)CCCCC1=O. The third-order valence-electron chi connectivity index (χ3n) is 4.70. The van der Waals surface area contributed by atoms with Crippen molar-refractivity contribution in [3.63, 3.8) is 0 Å². The summed E-state index contributed by atoms with van der Waals surface area (Å²) in [4.78, 5) is 38.5. The van der Waals surface area contributed by atoms with Crippen molar-refractivity contribution < 1.29 is 23.9 Å². The average molecular weight is 382 g/mol. The minimum Gasteiger partial charge on any atom is -0.454 e. The molecule has 6 nitrogen and oxygen atoms in total. The second kappa shape index (κ2) is 9.14. The monoisotopic (exact) mass is 381 g/mol. The summed E-state index contributed by atoms with van der Waals surface area (Å²) >= 11 is 6.35. The number of amides is 1. The van der Waals surface area contributed by atoms with E-state index in [-0.39, 0.29) is 12.4 Å². The Labute approximate surface area is 158 Å². The molecule has 1 amide bonds. The van der Waals surface area contributed by atoms with Gasteiger partial charge in [0.2, 0.25) is 0 Å². The zero-order valence-electron chi connectivity index (χ0n) is 15.1. The molecule has 1 atom stereocenters. The first-order chi connectivity index (χ1) is 12.4. The maximum Gasteiger partial charge on any atom is 0.332 e. The van der Waals surface area contributed by atoms with E-state index in [9.17, 15) is 14.4 Å². The first-order valence-corrected chi connectivity index (χ1v) is 9.09. The van der Waals surface area contributed by atoms with Gasteiger partial charge in [-0.05, 0) is 32.3 Å². The van der Waals surface area contributed by atoms with E-state index in [1.807, 2.05) is 0 Å². The molecule has 26 heavy (non-hydrogen) atoms. The first-order valence-electron chi connectivity index (χ1n) is 8.71. The van der Waals surface area contributed by atoms with Gasteiger partial charge in [-0.2, -0.15) is 0 Å². The maximum atomic E-state index is 12.9. The molecule has 1 aromatic carbocycles. The van der Waals surface area contributed by atoms with Gasteiger partial charge in [0.15, 0.2) is 12.4 Å². The number of esters is 1. The fraction of sp³-hybridized carbons (Fsp3) is 0.526. The summed E-state index contributed by atoms with van der Waals surface area (Å²) in [5.41, 5.74) is -0.511. The molecule has 0 spiro atoms. The summed E-state index contributed by atoms with van der Waals surface area (Å²) in [5.74, 6) is -1.12. The number of benzene rings is 1. The Kier molecular flexibility index (Phi) is 7.17. The molecule has 0 aliphatic heterocycles. The third kappa shape index (κ3) is 4.24. The van der Waals surface area contributed by atoms with Gasteiger partial charge in [-0.15, -0.1) is 0 Å². The normalized spacial score (nSPS) is 19.9. The summed E-state index contributed by atoms with van der Waals surface area (Å²) in [6, 6.07) is 7.06. The van der Waals surface area contributed by atoms with Gasteiger partial charge in [0, 0.05) is 30.7 Å². The van der Waals surface area contributed by atoms with Crippen LogP contribution in [0.1, 0.15) is 38.2 Å². The maximum absolute atomic E-state index is 12.9. The van der Waals surface area contributed by atoms with Crippen LogP contribution >= 0.6 is 11.6 Å². The summed E-state index contributed by atoms with van der Waals surface area (Å²) in [6.07, 6.45) is 2.47. The second-order valence-electron chi connectivity index (χ2n) is 6.22. The number of hydrogen-bond acceptors (Lipinski definition) is 5. The number of nitrogens with zero attached hydrogens (tertiary/aromatic N) is 1. The third-order valence-corrected chi connectivity index (χ3v) is 5.03. The smallest absolute Gasteiger partial charge is 0.332 e. The second-order valence-corrected chi connectivity index (χ2v) is 6.63. The Morgan fingerprint density at radius 2 is 1.96 bits per heavy atom. The zero-order valence-corrected chi connectivity index (χ0v) is 15.9. The topological polar surface area (TPSA) is 72.9 Å². The van der Waals surface area contributed by atoms with Crippen molar-refractivity contribution in [1.82, 2.24) is 4.90 Å². The lowest BCUT2D eigenvalue weighted by Gasteiger charge is -2.43. The molecule has 0 aromatic heterocycles. The van der Waals surface area contributed by atoms with E-state index < -0.39 is 24.0 Å². The summed E-state index contributed by atoms with van der Waals surface area (Å²) in [6.45, 7) is 1.49. The fourth-order valence-electron chi connectivity index (χ4n) is 3.31. The molecule has 1 unspecified atom stereocenters. The molecule has 2 rings (SSSR count). The van der Waals surface area contributed by atoms with Crippen molar-refractivity contribution in [2.24, 2.45) is 0 Å². The van der Waals surface area contributed by atoms with E-state index in [1.54, 1.807) is 38.2 Å². The summed E-state index contributed by atoms with van der Waals surface area (Å²) in [5, 5.41) is 0.441. The summed E-state index contributed by atoms with van der Waals surface area (Å²) in [7, 11) is 1.56. The lowest BCUT2D eigenvalue weighted by atomic mass is 9.74. The van der Waals surface area contributed by atoms with Crippen molar-refractivity contribution >= 4 is 29.3 Å². The lowest BCUT2D eigenvalue weighted by molar-refractivity contribution is -0.159. The van der Waals surface area contributed by atoms with Gasteiger partial charge in [0.05, 0.1) is 0 Å². The number of carbonyl (C=O) groups excluding carboxylic acids is 3. The first kappa shape index (κ1) is 20.4. The molecule has 0 saturated heterocycles. The van der Waals surface area contributed by atoms with Gasteiger partial charge in [0.1, 0.15) is 12.1 Å². The number of ketones is 1. The van der Waals surface area contributed by atoms with E-state index in [0.29, 0.717) is 30.0 Å². The highest BCUT2D eigenvalue weighted by Gasteiger charge is 2.47.